The fourth-order valence-corrected chi connectivity index (χ4v) is 4.23. The second kappa shape index (κ2) is 8.94. The number of Topliss-reactive ketones (excluding diaryl/α,β-unsaturated/α-hetero) is 1. The van der Waals surface area contributed by atoms with Crippen molar-refractivity contribution in [1.29, 1.82) is 0 Å². The minimum Gasteiger partial charge on any atom is -0.492 e. The topological polar surface area (TPSA) is 77.3 Å². The molecule has 0 amide bonds. The van der Waals surface area contributed by atoms with Gasteiger partial charge in [-0.05, 0) is 62.3 Å². The van der Waals surface area contributed by atoms with E-state index >= 15 is 0 Å². The summed E-state index contributed by atoms with van der Waals surface area (Å²) in [4.78, 5) is 25.0. The summed E-state index contributed by atoms with van der Waals surface area (Å²) in [6.45, 7) is 7.33. The van der Waals surface area contributed by atoms with E-state index in [0.717, 1.165) is 41.9 Å². The number of unbranched alkanes of at least 4 members (excludes halogenated alkanes) is 1. The van der Waals surface area contributed by atoms with Crippen LogP contribution in [0.15, 0.2) is 65.3 Å². The van der Waals surface area contributed by atoms with E-state index in [1.807, 2.05) is 12.1 Å². The number of ketones is 1. The van der Waals surface area contributed by atoms with Crippen molar-refractivity contribution in [2.75, 3.05) is 20.8 Å². The highest BCUT2D eigenvalue weighted by Crippen LogP contribution is 2.39. The number of rotatable bonds is 7. The Morgan fingerprint density at radius 3 is 2.32 bits per heavy atom. The van der Waals surface area contributed by atoms with Gasteiger partial charge in [-0.1, -0.05) is 13.3 Å². The molecule has 0 saturated carbocycles. The molecule has 0 saturated heterocycles. The van der Waals surface area contributed by atoms with Gasteiger partial charge in [0, 0.05) is 11.6 Å². The van der Waals surface area contributed by atoms with E-state index in [1.54, 1.807) is 24.3 Å². The summed E-state index contributed by atoms with van der Waals surface area (Å²) in [6.07, 6.45) is 9.55. The lowest BCUT2D eigenvalue weighted by Crippen LogP contribution is -3.04. The summed E-state index contributed by atoms with van der Waals surface area (Å²) < 4.78 is 10.4. The first-order chi connectivity index (χ1) is 14.7. The maximum atomic E-state index is 12.2. The van der Waals surface area contributed by atoms with Crippen LogP contribution in [0, 0.1) is 0 Å². The van der Waals surface area contributed by atoms with E-state index < -0.39 is 5.97 Å². The molecule has 0 aromatic heterocycles. The molecule has 1 aromatic carbocycles. The van der Waals surface area contributed by atoms with Crippen LogP contribution < -0.4 is 4.90 Å². The molecule has 164 valence electrons. The number of carboxylic acids is 1. The SMILES string of the molecule is CCCC[NH+]1C(=CC=C2C=C(OC)C(=O)C(OC)=C2)C(C)(C)c2cc(C(=O)O)ccc21. The van der Waals surface area contributed by atoms with E-state index in [4.69, 9.17) is 9.47 Å². The zero-order valence-electron chi connectivity index (χ0n) is 18.7. The van der Waals surface area contributed by atoms with Gasteiger partial charge in [0.05, 0.1) is 31.7 Å². The number of methoxy groups -OCH3 is 2. The first-order valence-electron chi connectivity index (χ1n) is 10.5. The van der Waals surface area contributed by atoms with Gasteiger partial charge in [0.2, 0.25) is 0 Å². The first-order valence-corrected chi connectivity index (χ1v) is 10.5. The highest BCUT2D eigenvalue weighted by atomic mass is 16.5. The first kappa shape index (κ1) is 22.6. The summed E-state index contributed by atoms with van der Waals surface area (Å²) in [7, 11) is 2.93. The molecule has 0 bridgehead atoms. The molecule has 0 radical (unpaired) electrons. The molecule has 0 spiro atoms. The second-order valence-corrected chi connectivity index (χ2v) is 8.27. The highest BCUT2D eigenvalue weighted by Gasteiger charge is 2.45. The molecule has 1 unspecified atom stereocenters. The molecule has 1 atom stereocenters. The summed E-state index contributed by atoms with van der Waals surface area (Å²) in [5.41, 5.74) is 4.06. The summed E-state index contributed by atoms with van der Waals surface area (Å²) in [5.74, 6) is -0.729. The number of fused-ring (bicyclic) bond motifs is 1. The maximum Gasteiger partial charge on any atom is 0.335 e. The molecule has 31 heavy (non-hydrogen) atoms. The van der Waals surface area contributed by atoms with Gasteiger partial charge in [0.25, 0.3) is 5.78 Å². The number of benzene rings is 1. The van der Waals surface area contributed by atoms with Gasteiger partial charge in [0.15, 0.2) is 11.5 Å². The van der Waals surface area contributed by atoms with Gasteiger partial charge in [-0.15, -0.1) is 0 Å². The number of carbonyl (C=O) groups excluding carboxylic acids is 1. The number of ether oxygens (including phenoxy) is 2. The van der Waals surface area contributed by atoms with Crippen molar-refractivity contribution < 1.29 is 29.1 Å². The molecule has 1 aliphatic heterocycles. The number of carboxylic acid groups (broad SMARTS) is 1. The summed E-state index contributed by atoms with van der Waals surface area (Å²) >= 11 is 0. The van der Waals surface area contributed by atoms with E-state index in [0.29, 0.717) is 5.56 Å². The number of quaternary nitrogens is 1. The molecular formula is C25H30NO5+. The zero-order valence-corrected chi connectivity index (χ0v) is 18.7. The summed E-state index contributed by atoms with van der Waals surface area (Å²) in [6, 6.07) is 5.41. The van der Waals surface area contributed by atoms with Gasteiger partial charge >= 0.3 is 5.97 Å². The van der Waals surface area contributed by atoms with Gasteiger partial charge in [-0.2, -0.15) is 0 Å². The van der Waals surface area contributed by atoms with E-state index in [2.05, 4.69) is 26.8 Å². The monoisotopic (exact) mass is 424 g/mol. The highest BCUT2D eigenvalue weighted by molar-refractivity contribution is 6.07. The number of hydrogen-bond acceptors (Lipinski definition) is 4. The normalized spacial score (nSPS) is 20.8. The Kier molecular flexibility index (Phi) is 6.51. The van der Waals surface area contributed by atoms with E-state index in [9.17, 15) is 14.7 Å². The zero-order chi connectivity index (χ0) is 22.8. The molecule has 0 fully saturated rings. The molecule has 6 heteroatoms. The second-order valence-electron chi connectivity index (χ2n) is 8.27. The Morgan fingerprint density at radius 1 is 1.13 bits per heavy atom. The van der Waals surface area contributed by atoms with Gasteiger partial charge < -0.3 is 14.6 Å². The molecule has 1 heterocycles. The molecule has 1 aromatic rings. The standard InChI is InChI=1S/C25H29NO5/c1-6-7-12-26-19-10-9-17(24(28)29)15-18(19)25(2,3)22(26)11-8-16-13-20(30-4)23(27)21(14-16)31-5/h8-11,13-15H,6-7,12H2,1-5H3,(H,28,29)/p+1. The Morgan fingerprint density at radius 2 is 1.77 bits per heavy atom. The number of carbonyl (C=O) groups is 2. The maximum absolute atomic E-state index is 12.2. The lowest BCUT2D eigenvalue weighted by molar-refractivity contribution is -0.789. The molecular weight excluding hydrogens is 394 g/mol. The van der Waals surface area contributed by atoms with Crippen LogP contribution in [-0.2, 0) is 19.7 Å². The lowest BCUT2D eigenvalue weighted by Gasteiger charge is -2.21. The van der Waals surface area contributed by atoms with Crippen molar-refractivity contribution in [3.8, 4) is 0 Å². The third-order valence-electron chi connectivity index (χ3n) is 5.97. The Labute approximate surface area is 183 Å². The fourth-order valence-electron chi connectivity index (χ4n) is 4.23. The van der Waals surface area contributed by atoms with Crippen molar-refractivity contribution >= 4 is 17.4 Å². The summed E-state index contributed by atoms with van der Waals surface area (Å²) in [5, 5.41) is 9.46. The van der Waals surface area contributed by atoms with Gasteiger partial charge in [0.1, 0.15) is 11.4 Å². The Balaban J connectivity index is 2.09. The number of nitrogens with one attached hydrogen (secondary N) is 1. The Bertz CT molecular complexity index is 1000. The van der Waals surface area contributed by atoms with Crippen molar-refractivity contribution in [3.63, 3.8) is 0 Å². The smallest absolute Gasteiger partial charge is 0.335 e. The van der Waals surface area contributed by atoms with Crippen LogP contribution in [0.4, 0.5) is 5.69 Å². The van der Waals surface area contributed by atoms with Crippen LogP contribution in [0.3, 0.4) is 0 Å². The fraction of sp³-hybridized carbons (Fsp3) is 0.360. The largest absolute Gasteiger partial charge is 0.492 e. The van der Waals surface area contributed by atoms with Gasteiger partial charge in [-0.3, -0.25) is 9.69 Å². The third kappa shape index (κ3) is 4.21. The minimum absolute atomic E-state index is 0.235. The quantitative estimate of drug-likeness (QED) is 0.701. The third-order valence-corrected chi connectivity index (χ3v) is 5.97. The van der Waals surface area contributed by atoms with Gasteiger partial charge in [-0.25, -0.2) is 4.79 Å². The Hall–Kier alpha value is -3.12. The molecule has 2 aliphatic rings. The van der Waals surface area contributed by atoms with Crippen molar-refractivity contribution in [3.05, 3.63) is 76.4 Å². The van der Waals surface area contributed by atoms with Crippen molar-refractivity contribution in [1.82, 2.24) is 0 Å². The van der Waals surface area contributed by atoms with Crippen LogP contribution in [0.2, 0.25) is 0 Å². The predicted molar refractivity (Wildman–Crippen MR) is 118 cm³/mol. The van der Waals surface area contributed by atoms with Crippen molar-refractivity contribution in [2.24, 2.45) is 0 Å². The van der Waals surface area contributed by atoms with Crippen molar-refractivity contribution in [2.45, 2.75) is 39.0 Å². The molecule has 2 N–H and O–H groups in total. The minimum atomic E-state index is -0.922. The van der Waals surface area contributed by atoms with Crippen LogP contribution in [0.1, 0.15) is 49.5 Å². The molecule has 1 aliphatic carbocycles. The molecule has 3 rings (SSSR count). The molecule has 6 nitrogen and oxygen atoms in total. The van der Waals surface area contributed by atoms with Crippen LogP contribution >= 0.6 is 0 Å². The average molecular weight is 425 g/mol. The van der Waals surface area contributed by atoms with Crippen LogP contribution in [0.5, 0.6) is 0 Å². The van der Waals surface area contributed by atoms with Crippen LogP contribution in [-0.4, -0.2) is 37.6 Å². The van der Waals surface area contributed by atoms with E-state index in [1.165, 1.54) is 19.1 Å². The lowest BCUT2D eigenvalue weighted by atomic mass is 9.83. The average Bonchev–Trinajstić information content (AvgIpc) is 2.96. The van der Waals surface area contributed by atoms with Crippen LogP contribution in [0.25, 0.3) is 0 Å². The number of allylic oxidation sites excluding steroid dienone is 6. The number of aromatic carboxylic acids is 1. The number of hydrogen-bond donors (Lipinski definition) is 2. The van der Waals surface area contributed by atoms with E-state index in [-0.39, 0.29) is 22.7 Å². The predicted octanol–water partition coefficient (Wildman–Crippen LogP) is 3.45.